The molecule has 0 saturated heterocycles. The molecule has 0 radical (unpaired) electrons. The molecule has 3 aromatic rings. The van der Waals surface area contributed by atoms with Crippen LogP contribution >= 0.6 is 23.1 Å². The van der Waals surface area contributed by atoms with Crippen molar-refractivity contribution in [2.45, 2.75) is 11.6 Å². The van der Waals surface area contributed by atoms with E-state index in [-0.39, 0.29) is 5.91 Å². The predicted molar refractivity (Wildman–Crippen MR) is 93.3 cm³/mol. The molecule has 0 unspecified atom stereocenters. The van der Waals surface area contributed by atoms with Crippen molar-refractivity contribution in [3.05, 3.63) is 58.8 Å². The molecule has 112 valence electrons. The minimum Gasteiger partial charge on any atom is -0.340 e. The van der Waals surface area contributed by atoms with Crippen LogP contribution in [0.25, 0.3) is 10.9 Å². The van der Waals surface area contributed by atoms with Gasteiger partial charge < -0.3 is 4.90 Å². The van der Waals surface area contributed by atoms with Gasteiger partial charge in [-0.05, 0) is 23.6 Å². The highest BCUT2D eigenvalue weighted by molar-refractivity contribution is 7.99. The van der Waals surface area contributed by atoms with Gasteiger partial charge in [-0.1, -0.05) is 42.1 Å². The zero-order chi connectivity index (χ0) is 15.4. The Morgan fingerprint density at radius 2 is 2.05 bits per heavy atom. The van der Waals surface area contributed by atoms with Crippen molar-refractivity contribution >= 4 is 39.9 Å². The van der Waals surface area contributed by atoms with Crippen molar-refractivity contribution in [1.29, 1.82) is 0 Å². The Kier molecular flexibility index (Phi) is 4.75. The smallest absolute Gasteiger partial charge is 0.233 e. The van der Waals surface area contributed by atoms with Gasteiger partial charge >= 0.3 is 0 Å². The van der Waals surface area contributed by atoms with Gasteiger partial charge in [-0.2, -0.15) is 0 Å². The number of nitrogens with zero attached hydrogens (tertiary/aromatic N) is 2. The summed E-state index contributed by atoms with van der Waals surface area (Å²) in [5.41, 5.74) is 0.965. The molecule has 0 aliphatic carbocycles. The van der Waals surface area contributed by atoms with E-state index < -0.39 is 0 Å². The molecule has 22 heavy (non-hydrogen) atoms. The summed E-state index contributed by atoms with van der Waals surface area (Å²) in [4.78, 5) is 19.7. The van der Waals surface area contributed by atoms with Gasteiger partial charge in [-0.3, -0.25) is 4.79 Å². The predicted octanol–water partition coefficient (Wildman–Crippen LogP) is 4.05. The third-order valence-corrected chi connectivity index (χ3v) is 5.09. The quantitative estimate of drug-likeness (QED) is 0.663. The lowest BCUT2D eigenvalue weighted by atomic mass is 10.2. The molecule has 1 aromatic carbocycles. The lowest BCUT2D eigenvalue weighted by molar-refractivity contribution is -0.127. The van der Waals surface area contributed by atoms with Crippen LogP contribution in [0.2, 0.25) is 0 Å². The van der Waals surface area contributed by atoms with Crippen LogP contribution < -0.4 is 0 Å². The standard InChI is InChI=1S/C17H16N2OS2/c1-19(11-14-6-4-10-21-14)17(20)12-22-16-9-8-13-5-2-3-7-15(13)18-16/h2-10H,11-12H2,1H3. The molecule has 0 aliphatic rings. The van der Waals surface area contributed by atoms with Crippen LogP contribution in [0.15, 0.2) is 58.9 Å². The van der Waals surface area contributed by atoms with E-state index in [0.29, 0.717) is 12.3 Å². The molecule has 3 rings (SSSR count). The molecule has 2 aromatic heterocycles. The van der Waals surface area contributed by atoms with Crippen LogP contribution in [-0.2, 0) is 11.3 Å². The number of aromatic nitrogens is 1. The van der Waals surface area contributed by atoms with Gasteiger partial charge in [0, 0.05) is 17.3 Å². The average Bonchev–Trinajstić information content (AvgIpc) is 3.05. The maximum absolute atomic E-state index is 12.2. The fraction of sp³-hybridized carbons (Fsp3) is 0.176. The zero-order valence-corrected chi connectivity index (χ0v) is 13.9. The van der Waals surface area contributed by atoms with Gasteiger partial charge in [0.1, 0.15) is 0 Å². The van der Waals surface area contributed by atoms with E-state index in [9.17, 15) is 4.79 Å². The Labute approximate surface area is 138 Å². The monoisotopic (exact) mass is 328 g/mol. The molecule has 0 atom stereocenters. The first-order valence-electron chi connectivity index (χ1n) is 6.97. The van der Waals surface area contributed by atoms with Crippen LogP contribution in [0.5, 0.6) is 0 Å². The van der Waals surface area contributed by atoms with Crippen LogP contribution in [0.1, 0.15) is 4.88 Å². The normalized spacial score (nSPS) is 10.8. The summed E-state index contributed by atoms with van der Waals surface area (Å²) in [5, 5.41) is 4.03. The van der Waals surface area contributed by atoms with Gasteiger partial charge in [0.05, 0.1) is 22.8 Å². The second-order valence-electron chi connectivity index (χ2n) is 4.96. The van der Waals surface area contributed by atoms with E-state index in [2.05, 4.69) is 4.98 Å². The van der Waals surface area contributed by atoms with E-state index in [1.54, 1.807) is 16.2 Å². The lowest BCUT2D eigenvalue weighted by Gasteiger charge is -2.15. The molecule has 3 nitrogen and oxygen atoms in total. The van der Waals surface area contributed by atoms with E-state index in [0.717, 1.165) is 15.9 Å². The van der Waals surface area contributed by atoms with Crippen molar-refractivity contribution in [2.24, 2.45) is 0 Å². The van der Waals surface area contributed by atoms with Gasteiger partial charge in [0.15, 0.2) is 0 Å². The number of benzene rings is 1. The number of hydrogen-bond acceptors (Lipinski definition) is 4. The number of hydrogen-bond donors (Lipinski definition) is 0. The van der Waals surface area contributed by atoms with Gasteiger partial charge in [0.25, 0.3) is 0 Å². The number of amides is 1. The molecule has 5 heteroatoms. The molecule has 0 aliphatic heterocycles. The van der Waals surface area contributed by atoms with Crippen LogP contribution in [0.4, 0.5) is 0 Å². The number of thiophene rings is 1. The Morgan fingerprint density at radius 3 is 2.86 bits per heavy atom. The molecular weight excluding hydrogens is 312 g/mol. The second kappa shape index (κ2) is 6.94. The molecular formula is C17H16N2OS2. The van der Waals surface area contributed by atoms with Crippen molar-refractivity contribution in [2.75, 3.05) is 12.8 Å². The number of para-hydroxylation sites is 1. The molecule has 2 heterocycles. The molecule has 0 N–H and O–H groups in total. The van der Waals surface area contributed by atoms with Gasteiger partial charge in [0.2, 0.25) is 5.91 Å². The maximum Gasteiger partial charge on any atom is 0.233 e. The Balaban J connectivity index is 1.59. The fourth-order valence-electron chi connectivity index (χ4n) is 2.10. The highest BCUT2D eigenvalue weighted by atomic mass is 32.2. The average molecular weight is 328 g/mol. The third kappa shape index (κ3) is 3.67. The first kappa shape index (κ1) is 15.1. The fourth-order valence-corrected chi connectivity index (χ4v) is 3.67. The summed E-state index contributed by atoms with van der Waals surface area (Å²) in [6.07, 6.45) is 0. The van der Waals surface area contributed by atoms with Gasteiger partial charge in [-0.15, -0.1) is 11.3 Å². The summed E-state index contributed by atoms with van der Waals surface area (Å²) < 4.78 is 0. The third-order valence-electron chi connectivity index (χ3n) is 3.32. The number of carbonyl (C=O) groups excluding carboxylic acids is 1. The zero-order valence-electron chi connectivity index (χ0n) is 12.2. The van der Waals surface area contributed by atoms with Crippen LogP contribution in [0, 0.1) is 0 Å². The largest absolute Gasteiger partial charge is 0.340 e. The van der Waals surface area contributed by atoms with Gasteiger partial charge in [-0.25, -0.2) is 4.98 Å². The Bertz CT molecular complexity index is 771. The van der Waals surface area contributed by atoms with E-state index >= 15 is 0 Å². The highest BCUT2D eigenvalue weighted by Gasteiger charge is 2.11. The Hall–Kier alpha value is -1.85. The summed E-state index contributed by atoms with van der Waals surface area (Å²) >= 11 is 3.16. The number of fused-ring (bicyclic) bond motifs is 1. The molecule has 1 amide bonds. The summed E-state index contributed by atoms with van der Waals surface area (Å²) in [6.45, 7) is 0.669. The van der Waals surface area contributed by atoms with E-state index in [1.807, 2.05) is 61.0 Å². The van der Waals surface area contributed by atoms with Crippen LogP contribution in [0.3, 0.4) is 0 Å². The van der Waals surface area contributed by atoms with Crippen molar-refractivity contribution in [3.63, 3.8) is 0 Å². The van der Waals surface area contributed by atoms with Crippen LogP contribution in [-0.4, -0.2) is 28.6 Å². The highest BCUT2D eigenvalue weighted by Crippen LogP contribution is 2.20. The van der Waals surface area contributed by atoms with E-state index in [1.165, 1.54) is 16.6 Å². The molecule has 0 fully saturated rings. The second-order valence-corrected chi connectivity index (χ2v) is 6.99. The van der Waals surface area contributed by atoms with Crippen molar-refractivity contribution in [1.82, 2.24) is 9.88 Å². The number of carbonyl (C=O) groups is 1. The maximum atomic E-state index is 12.2. The topological polar surface area (TPSA) is 33.2 Å². The SMILES string of the molecule is CN(Cc1cccs1)C(=O)CSc1ccc2ccccc2n1. The summed E-state index contributed by atoms with van der Waals surface area (Å²) in [7, 11) is 1.84. The number of rotatable bonds is 5. The molecule has 0 spiro atoms. The summed E-state index contributed by atoms with van der Waals surface area (Å²) in [5.74, 6) is 0.529. The Morgan fingerprint density at radius 1 is 1.18 bits per heavy atom. The molecule has 0 bridgehead atoms. The summed E-state index contributed by atoms with van der Waals surface area (Å²) in [6, 6.07) is 16.1. The van der Waals surface area contributed by atoms with Crippen molar-refractivity contribution in [3.8, 4) is 0 Å². The van der Waals surface area contributed by atoms with E-state index in [4.69, 9.17) is 0 Å². The lowest BCUT2D eigenvalue weighted by Crippen LogP contribution is -2.27. The number of thioether (sulfide) groups is 1. The first-order valence-corrected chi connectivity index (χ1v) is 8.84. The van der Waals surface area contributed by atoms with Crippen molar-refractivity contribution < 1.29 is 4.79 Å². The molecule has 0 saturated carbocycles. The first-order chi connectivity index (χ1) is 10.7. The number of pyridine rings is 1. The minimum atomic E-state index is 0.119. The minimum absolute atomic E-state index is 0.119.